The van der Waals surface area contributed by atoms with E-state index >= 15 is 0 Å². The Kier molecular flexibility index (Phi) is 2.91. The number of rotatable bonds is 1. The van der Waals surface area contributed by atoms with Crippen LogP contribution >= 0.6 is 0 Å². The minimum atomic E-state index is -0.262. The maximum Gasteiger partial charge on any atom is 0.0753 e. The number of anilines is 2. The number of para-hydroxylation sites is 1. The molecule has 0 aromatic heterocycles. The molecule has 0 spiro atoms. The summed E-state index contributed by atoms with van der Waals surface area (Å²) in [5.41, 5.74) is 3.66. The second-order valence-corrected chi connectivity index (χ2v) is 4.65. The molecule has 1 aromatic rings. The quantitative estimate of drug-likeness (QED) is 0.756. The molecule has 2 aliphatic heterocycles. The van der Waals surface area contributed by atoms with E-state index in [1.54, 1.807) is 0 Å². The summed E-state index contributed by atoms with van der Waals surface area (Å²) in [5.74, 6) is 0. The molecular weight excluding hydrogens is 216 g/mol. The minimum Gasteiger partial charge on any atom is -0.391 e. The number of fused-ring (bicyclic) bond motifs is 1. The molecule has 4 heteroatoms. The Bertz CT molecular complexity index is 402. The number of hydrogen-bond acceptors (Lipinski definition) is 4. The summed E-state index contributed by atoms with van der Waals surface area (Å²) in [7, 11) is 0. The van der Waals surface area contributed by atoms with E-state index in [2.05, 4.69) is 28.4 Å². The molecule has 1 fully saturated rings. The Balaban J connectivity index is 1.91. The van der Waals surface area contributed by atoms with Crippen LogP contribution in [0.4, 0.5) is 11.4 Å². The summed E-state index contributed by atoms with van der Waals surface area (Å²) in [6, 6.07) is 6.31. The number of hydrogen-bond donors (Lipinski definition) is 2. The van der Waals surface area contributed by atoms with Gasteiger partial charge in [0.2, 0.25) is 0 Å². The zero-order valence-corrected chi connectivity index (χ0v) is 9.85. The molecular formula is C13H18N2O2. The van der Waals surface area contributed by atoms with Gasteiger partial charge < -0.3 is 20.1 Å². The van der Waals surface area contributed by atoms with Crippen LogP contribution in [0, 0.1) is 0 Å². The fourth-order valence-corrected chi connectivity index (χ4v) is 2.57. The van der Waals surface area contributed by atoms with Crippen LogP contribution in [0.15, 0.2) is 18.2 Å². The summed E-state index contributed by atoms with van der Waals surface area (Å²) in [5, 5.41) is 13.0. The number of ether oxygens (including phenoxy) is 1. The molecule has 2 heterocycles. The van der Waals surface area contributed by atoms with Crippen LogP contribution in [0.5, 0.6) is 0 Å². The van der Waals surface area contributed by atoms with Crippen molar-refractivity contribution in [2.24, 2.45) is 0 Å². The Labute approximate surface area is 101 Å². The van der Waals surface area contributed by atoms with Gasteiger partial charge >= 0.3 is 0 Å². The largest absolute Gasteiger partial charge is 0.391 e. The van der Waals surface area contributed by atoms with Crippen molar-refractivity contribution in [3.05, 3.63) is 23.8 Å². The molecule has 1 aromatic carbocycles. The third-order valence-electron chi connectivity index (χ3n) is 3.45. The van der Waals surface area contributed by atoms with Gasteiger partial charge in [-0.3, -0.25) is 0 Å². The van der Waals surface area contributed by atoms with Gasteiger partial charge in [-0.05, 0) is 11.6 Å². The zero-order valence-electron chi connectivity index (χ0n) is 9.85. The van der Waals surface area contributed by atoms with E-state index in [1.807, 2.05) is 0 Å². The van der Waals surface area contributed by atoms with Gasteiger partial charge in [0, 0.05) is 26.1 Å². The minimum absolute atomic E-state index is 0.262. The average molecular weight is 234 g/mol. The molecule has 0 saturated carbocycles. The van der Waals surface area contributed by atoms with E-state index < -0.39 is 0 Å². The molecule has 1 saturated heterocycles. The number of morpholine rings is 1. The number of aliphatic hydroxyl groups is 1. The number of nitrogens with zero attached hydrogens (tertiary/aromatic N) is 1. The normalized spacial score (nSPS) is 24.1. The molecule has 1 atom stereocenters. The molecule has 2 aliphatic rings. The van der Waals surface area contributed by atoms with E-state index in [-0.39, 0.29) is 6.10 Å². The van der Waals surface area contributed by atoms with Crippen LogP contribution in [0.1, 0.15) is 5.56 Å². The molecule has 0 radical (unpaired) electrons. The van der Waals surface area contributed by atoms with Crippen LogP contribution in [0.25, 0.3) is 0 Å². The maximum atomic E-state index is 9.66. The number of benzene rings is 1. The molecule has 17 heavy (non-hydrogen) atoms. The Morgan fingerprint density at radius 2 is 2.12 bits per heavy atom. The molecule has 2 N–H and O–H groups in total. The third kappa shape index (κ3) is 2.10. The fraction of sp³-hybridized carbons (Fsp3) is 0.538. The maximum absolute atomic E-state index is 9.66. The highest BCUT2D eigenvalue weighted by Gasteiger charge is 2.21. The van der Waals surface area contributed by atoms with Gasteiger partial charge in [0.1, 0.15) is 0 Å². The van der Waals surface area contributed by atoms with Crippen LogP contribution in [-0.2, 0) is 11.2 Å². The predicted molar refractivity (Wildman–Crippen MR) is 67.7 cm³/mol. The number of nitrogens with one attached hydrogen (secondary N) is 1. The van der Waals surface area contributed by atoms with Crippen molar-refractivity contribution in [1.82, 2.24) is 0 Å². The topological polar surface area (TPSA) is 44.7 Å². The first-order valence-corrected chi connectivity index (χ1v) is 6.21. The van der Waals surface area contributed by atoms with E-state index in [1.165, 1.54) is 16.9 Å². The highest BCUT2D eigenvalue weighted by molar-refractivity contribution is 5.75. The summed E-state index contributed by atoms with van der Waals surface area (Å²) >= 11 is 0. The summed E-state index contributed by atoms with van der Waals surface area (Å²) in [4.78, 5) is 2.35. The molecule has 4 nitrogen and oxygen atoms in total. The van der Waals surface area contributed by atoms with Crippen molar-refractivity contribution < 1.29 is 9.84 Å². The van der Waals surface area contributed by atoms with Gasteiger partial charge in [-0.2, -0.15) is 0 Å². The van der Waals surface area contributed by atoms with Crippen molar-refractivity contribution in [2.75, 3.05) is 43.1 Å². The molecule has 92 valence electrons. The Morgan fingerprint density at radius 3 is 2.94 bits per heavy atom. The van der Waals surface area contributed by atoms with Crippen LogP contribution in [0.3, 0.4) is 0 Å². The monoisotopic (exact) mass is 234 g/mol. The summed E-state index contributed by atoms with van der Waals surface area (Å²) in [6.45, 7) is 4.13. The van der Waals surface area contributed by atoms with Gasteiger partial charge in [-0.15, -0.1) is 0 Å². The number of β-amino-alcohol motifs (C(OH)–C–C–N with tert-alkyl or cyclic N) is 1. The zero-order chi connectivity index (χ0) is 11.7. The lowest BCUT2D eigenvalue weighted by molar-refractivity contribution is 0.122. The molecule has 0 bridgehead atoms. The van der Waals surface area contributed by atoms with Crippen molar-refractivity contribution >= 4 is 11.4 Å². The van der Waals surface area contributed by atoms with Crippen molar-refractivity contribution in [3.63, 3.8) is 0 Å². The lowest BCUT2D eigenvalue weighted by Gasteiger charge is -2.33. The van der Waals surface area contributed by atoms with Crippen molar-refractivity contribution in [3.8, 4) is 0 Å². The Morgan fingerprint density at radius 1 is 1.29 bits per heavy atom. The smallest absolute Gasteiger partial charge is 0.0753 e. The first kappa shape index (κ1) is 10.9. The van der Waals surface area contributed by atoms with Crippen LogP contribution in [0.2, 0.25) is 0 Å². The third-order valence-corrected chi connectivity index (χ3v) is 3.45. The molecule has 3 rings (SSSR count). The molecule has 0 aliphatic carbocycles. The summed E-state index contributed by atoms with van der Waals surface area (Å²) < 4.78 is 5.38. The lowest BCUT2D eigenvalue weighted by atomic mass is 10.00. The first-order valence-electron chi connectivity index (χ1n) is 6.21. The standard InChI is InChI=1S/C13H18N2O2/c16-11-8-10-2-1-3-12(13(10)14-9-11)15-4-6-17-7-5-15/h1-3,11,14,16H,4-9H2. The van der Waals surface area contributed by atoms with Crippen molar-refractivity contribution in [2.45, 2.75) is 12.5 Å². The second kappa shape index (κ2) is 4.55. The van der Waals surface area contributed by atoms with Gasteiger partial charge in [-0.25, -0.2) is 0 Å². The van der Waals surface area contributed by atoms with Crippen LogP contribution < -0.4 is 10.2 Å². The second-order valence-electron chi connectivity index (χ2n) is 4.65. The van der Waals surface area contributed by atoms with E-state index in [0.29, 0.717) is 6.54 Å². The van der Waals surface area contributed by atoms with E-state index in [0.717, 1.165) is 32.7 Å². The average Bonchev–Trinajstić information content (AvgIpc) is 2.39. The van der Waals surface area contributed by atoms with E-state index in [9.17, 15) is 5.11 Å². The Hall–Kier alpha value is -1.26. The molecule has 1 unspecified atom stereocenters. The molecule has 0 amide bonds. The van der Waals surface area contributed by atoms with Gasteiger partial charge in [0.05, 0.1) is 30.7 Å². The summed E-state index contributed by atoms with van der Waals surface area (Å²) in [6.07, 6.45) is 0.489. The van der Waals surface area contributed by atoms with Crippen molar-refractivity contribution in [1.29, 1.82) is 0 Å². The SMILES string of the molecule is OC1CNc2c(cccc2N2CCOCC2)C1. The van der Waals surface area contributed by atoms with E-state index in [4.69, 9.17) is 4.74 Å². The van der Waals surface area contributed by atoms with Crippen LogP contribution in [-0.4, -0.2) is 44.1 Å². The van der Waals surface area contributed by atoms with Gasteiger partial charge in [0.15, 0.2) is 0 Å². The van der Waals surface area contributed by atoms with Gasteiger partial charge in [-0.1, -0.05) is 12.1 Å². The fourth-order valence-electron chi connectivity index (χ4n) is 2.57. The predicted octanol–water partition coefficient (Wildman–Crippen LogP) is 0.852. The highest BCUT2D eigenvalue weighted by atomic mass is 16.5. The van der Waals surface area contributed by atoms with Gasteiger partial charge in [0.25, 0.3) is 0 Å². The lowest BCUT2D eigenvalue weighted by Crippen LogP contribution is -2.37. The number of aliphatic hydroxyl groups excluding tert-OH is 1. The first-order chi connectivity index (χ1) is 8.34. The highest BCUT2D eigenvalue weighted by Crippen LogP contribution is 2.33.